The average molecular weight is 860 g/mol. The van der Waals surface area contributed by atoms with Gasteiger partial charge in [-0.25, -0.2) is 0 Å². The van der Waals surface area contributed by atoms with Crippen molar-refractivity contribution in [2.24, 2.45) is 47.3 Å². The molecule has 2 aliphatic carbocycles. The molecule has 0 aromatic carbocycles. The van der Waals surface area contributed by atoms with E-state index in [1.807, 2.05) is 0 Å². The molecule has 4 saturated heterocycles. The highest BCUT2D eigenvalue weighted by molar-refractivity contribution is 5.07. The van der Waals surface area contributed by atoms with Gasteiger partial charge in [0.2, 0.25) is 0 Å². The Labute approximate surface area is 385 Å². The molecule has 0 bridgehead atoms. The summed E-state index contributed by atoms with van der Waals surface area (Å²) < 4.78 is 0. The van der Waals surface area contributed by atoms with Crippen LogP contribution in [-0.2, 0) is 0 Å². The second-order valence-electron chi connectivity index (χ2n) is 23.9. The van der Waals surface area contributed by atoms with Crippen LogP contribution in [0, 0.1) is 47.3 Å². The van der Waals surface area contributed by atoms with Crippen LogP contribution in [0.4, 0.5) is 0 Å². The van der Waals surface area contributed by atoms with Crippen LogP contribution >= 0.6 is 0 Å². The van der Waals surface area contributed by atoms with Crippen LogP contribution in [0.15, 0.2) is 0 Å². The maximum atomic E-state index is 2.67. The summed E-state index contributed by atoms with van der Waals surface area (Å²) >= 11 is 0. The van der Waals surface area contributed by atoms with E-state index in [4.69, 9.17) is 0 Å². The predicted octanol–water partition coefficient (Wildman–Crippen LogP) is 12.6. The van der Waals surface area contributed by atoms with E-state index in [0.29, 0.717) is 0 Å². The zero-order chi connectivity index (χ0) is 46.1. The number of piperazine rings is 2. The summed E-state index contributed by atoms with van der Waals surface area (Å²) in [7, 11) is 0. The van der Waals surface area contributed by atoms with Crippen LogP contribution in [0.2, 0.25) is 0 Å². The van der Waals surface area contributed by atoms with E-state index in [1.54, 1.807) is 0 Å². The summed E-state index contributed by atoms with van der Waals surface area (Å²) in [5, 5.41) is 0. The highest BCUT2D eigenvalue weighted by Crippen LogP contribution is 2.39. The second kappa shape index (κ2) is 28.7. The standard InChI is InChI=1S/C12H24.C11H22N2.2C11H23N.C10H22N2/c1-9(2)11-5-7-12(8-6-11)10(3)4;1-8(2)12-5-6-13(9(3)4)11-7-10(11)12;3*1-9(2)11-5-7-12(8-6-11)10(3)4/h9-12H,5-8H2,1-4H3;8-11H,5-7H2,1-4H3;2*9-11H,5-8H2,1-4H3;9-10H,5-8H2,1-4H3. The Morgan fingerprint density at radius 2 is 0.459 bits per heavy atom. The normalized spacial score (nSPS) is 27.0. The van der Waals surface area contributed by atoms with E-state index in [2.05, 4.69) is 168 Å². The molecule has 0 aromatic rings. The number of nitrogens with zero attached hydrogens (tertiary/aromatic N) is 6. The summed E-state index contributed by atoms with van der Waals surface area (Å²) in [6.45, 7) is 59.4. The van der Waals surface area contributed by atoms with Crippen molar-refractivity contribution in [1.29, 1.82) is 0 Å². The second-order valence-corrected chi connectivity index (χ2v) is 23.9. The van der Waals surface area contributed by atoms with Crippen LogP contribution in [0.1, 0.15) is 196 Å². The Morgan fingerprint density at radius 3 is 0.656 bits per heavy atom. The van der Waals surface area contributed by atoms with Gasteiger partial charge in [0.1, 0.15) is 0 Å². The molecule has 6 fully saturated rings. The predicted molar refractivity (Wildman–Crippen MR) is 273 cm³/mol. The Bertz CT molecular complexity index is 854. The molecule has 0 spiro atoms. The van der Waals surface area contributed by atoms with Gasteiger partial charge in [-0.15, -0.1) is 0 Å². The summed E-state index contributed by atoms with van der Waals surface area (Å²) in [4.78, 5) is 15.6. The summed E-state index contributed by atoms with van der Waals surface area (Å²) in [5.74, 6) is 7.63. The molecule has 2 saturated carbocycles. The van der Waals surface area contributed by atoms with Crippen molar-refractivity contribution in [3.05, 3.63) is 0 Å². The first-order chi connectivity index (χ1) is 28.5. The van der Waals surface area contributed by atoms with Gasteiger partial charge in [0.25, 0.3) is 0 Å². The summed E-state index contributed by atoms with van der Waals surface area (Å²) in [6.07, 6.45) is 13.0. The number of hydrogen-bond acceptors (Lipinski definition) is 6. The minimum Gasteiger partial charge on any atom is -0.301 e. The lowest BCUT2D eigenvalue weighted by atomic mass is 9.73. The summed E-state index contributed by atoms with van der Waals surface area (Å²) in [5.41, 5.74) is 0. The number of rotatable bonds is 10. The maximum absolute atomic E-state index is 2.67. The van der Waals surface area contributed by atoms with Crippen molar-refractivity contribution < 1.29 is 0 Å². The number of fused-ring (bicyclic) bond motifs is 1. The van der Waals surface area contributed by atoms with E-state index in [0.717, 1.165) is 95.7 Å². The van der Waals surface area contributed by atoms with Gasteiger partial charge in [-0.1, -0.05) is 55.4 Å². The number of hydrogen-bond donors (Lipinski definition) is 0. The maximum Gasteiger partial charge on any atom is 0.0271 e. The third-order valence-electron chi connectivity index (χ3n) is 16.5. The highest BCUT2D eigenvalue weighted by atomic mass is 15.4. The highest BCUT2D eigenvalue weighted by Gasteiger charge is 2.49. The molecule has 4 aliphatic heterocycles. The molecule has 6 rings (SSSR count). The van der Waals surface area contributed by atoms with Crippen LogP contribution in [0.3, 0.4) is 0 Å². The zero-order valence-corrected chi connectivity index (χ0v) is 45.4. The fourth-order valence-corrected chi connectivity index (χ4v) is 11.2. The Morgan fingerprint density at radius 1 is 0.246 bits per heavy atom. The molecular formula is C55H114N6. The van der Waals surface area contributed by atoms with Crippen LogP contribution < -0.4 is 0 Å². The van der Waals surface area contributed by atoms with E-state index < -0.39 is 0 Å². The average Bonchev–Trinajstić information content (AvgIpc) is 4.02. The summed E-state index contributed by atoms with van der Waals surface area (Å²) in [6, 6.07) is 6.19. The zero-order valence-electron chi connectivity index (χ0n) is 45.4. The smallest absolute Gasteiger partial charge is 0.0271 e. The van der Waals surface area contributed by atoms with Crippen LogP contribution in [-0.4, -0.2) is 143 Å². The first kappa shape index (κ1) is 56.9. The first-order valence-corrected chi connectivity index (χ1v) is 27.0. The number of piperidine rings is 2. The van der Waals surface area contributed by atoms with E-state index in [-0.39, 0.29) is 0 Å². The Kier molecular flexibility index (Phi) is 26.8. The van der Waals surface area contributed by atoms with Crippen LogP contribution in [0.5, 0.6) is 0 Å². The van der Waals surface area contributed by atoms with Crippen molar-refractivity contribution in [3.8, 4) is 0 Å². The topological polar surface area (TPSA) is 19.4 Å². The van der Waals surface area contributed by atoms with Gasteiger partial charge >= 0.3 is 0 Å². The van der Waals surface area contributed by atoms with E-state index >= 15 is 0 Å². The monoisotopic (exact) mass is 859 g/mol. The third kappa shape index (κ3) is 20.4. The van der Waals surface area contributed by atoms with Gasteiger partial charge in [0, 0.05) is 87.6 Å². The van der Waals surface area contributed by atoms with Crippen LogP contribution in [0.25, 0.3) is 0 Å². The largest absolute Gasteiger partial charge is 0.301 e. The molecule has 0 N–H and O–H groups in total. The van der Waals surface area contributed by atoms with E-state index in [1.165, 1.54) is 123 Å². The lowest BCUT2D eigenvalue weighted by Crippen LogP contribution is -2.50. The minimum absolute atomic E-state index is 0.722. The Balaban J connectivity index is 0.000000263. The molecule has 0 amide bonds. The van der Waals surface area contributed by atoms with Gasteiger partial charge in [-0.3, -0.25) is 19.6 Å². The fraction of sp³-hybridized carbons (Fsp3) is 1.00. The van der Waals surface area contributed by atoms with Crippen molar-refractivity contribution in [2.45, 2.75) is 245 Å². The van der Waals surface area contributed by atoms with Crippen molar-refractivity contribution in [1.82, 2.24) is 29.4 Å². The minimum atomic E-state index is 0.722. The SMILES string of the molecule is CC(C)C1CCC(C(C)C)CC1.CC(C)C1CCN(C(C)C)CC1.CC(C)C1CCN(C(C)C)CC1.CC(C)N1CCN(C(C)C)C2CC21.CC(C)N1CCN(C(C)C)CC1. The van der Waals surface area contributed by atoms with Gasteiger partial charge in [-0.05, 0) is 214 Å². The van der Waals surface area contributed by atoms with Gasteiger partial charge < -0.3 is 9.80 Å². The molecular weight excluding hydrogens is 745 g/mol. The molecule has 6 aliphatic rings. The number of likely N-dealkylation sites (tertiary alicyclic amines) is 2. The molecule has 2 atom stereocenters. The van der Waals surface area contributed by atoms with Gasteiger partial charge in [0.15, 0.2) is 0 Å². The molecule has 61 heavy (non-hydrogen) atoms. The van der Waals surface area contributed by atoms with Gasteiger partial charge in [0.05, 0.1) is 0 Å². The molecule has 0 aromatic heterocycles. The Hall–Kier alpha value is -0.240. The van der Waals surface area contributed by atoms with Crippen molar-refractivity contribution >= 4 is 0 Å². The fourth-order valence-electron chi connectivity index (χ4n) is 11.2. The molecule has 6 heteroatoms. The quantitative estimate of drug-likeness (QED) is 0.216. The molecule has 2 unspecified atom stereocenters. The molecule has 0 radical (unpaired) electrons. The lowest BCUT2D eigenvalue weighted by molar-refractivity contribution is 0.0849. The molecule has 364 valence electrons. The third-order valence-corrected chi connectivity index (χ3v) is 16.5. The first-order valence-electron chi connectivity index (χ1n) is 27.0. The molecule has 6 nitrogen and oxygen atoms in total. The van der Waals surface area contributed by atoms with Crippen molar-refractivity contribution in [3.63, 3.8) is 0 Å². The van der Waals surface area contributed by atoms with Gasteiger partial charge in [-0.2, -0.15) is 0 Å². The van der Waals surface area contributed by atoms with Crippen molar-refractivity contribution in [2.75, 3.05) is 65.4 Å². The van der Waals surface area contributed by atoms with E-state index in [9.17, 15) is 0 Å². The molecule has 4 heterocycles. The lowest BCUT2D eigenvalue weighted by Gasteiger charge is -2.38.